The molecule has 1 aromatic carbocycles. The number of hydrogen-bond donors (Lipinski definition) is 2. The maximum atomic E-state index is 15.0. The number of benzene rings is 1. The number of ether oxygens (including phenoxy) is 1. The molecule has 0 spiro atoms. The minimum absolute atomic E-state index is 0. The maximum Gasteiger partial charge on any atom is 0.387 e. The number of aromatic amines is 1. The van der Waals surface area contributed by atoms with E-state index in [0.29, 0.717) is 32.4 Å². The predicted molar refractivity (Wildman–Crippen MR) is 105 cm³/mol. The summed E-state index contributed by atoms with van der Waals surface area (Å²) in [4.78, 5) is 28.4. The zero-order valence-corrected chi connectivity index (χ0v) is 16.5. The number of rotatable bonds is 5. The molecule has 4 rings (SSSR count). The number of nitrogens with two attached hydrogens (primary N) is 1. The number of anilines is 1. The summed E-state index contributed by atoms with van der Waals surface area (Å²) in [6.45, 7) is -0.620. The molecule has 1 aromatic heterocycles. The average Bonchev–Trinajstić information content (AvgIpc) is 3.31. The molecule has 0 unspecified atom stereocenters. The molecule has 0 amide bonds. The highest BCUT2D eigenvalue weighted by molar-refractivity contribution is 5.91. The summed E-state index contributed by atoms with van der Waals surface area (Å²) in [5.74, 6) is -1.25. The molecule has 0 radical (unpaired) electrons. The lowest BCUT2D eigenvalue weighted by Gasteiger charge is -2.25. The van der Waals surface area contributed by atoms with Gasteiger partial charge in [-0.15, -0.1) is 12.4 Å². The molecule has 2 aliphatic rings. The number of halogens is 4. The van der Waals surface area contributed by atoms with Crippen LogP contribution >= 0.6 is 12.4 Å². The van der Waals surface area contributed by atoms with Crippen molar-refractivity contribution in [2.45, 2.75) is 44.9 Å². The van der Waals surface area contributed by atoms with E-state index in [1.54, 1.807) is 4.90 Å². The van der Waals surface area contributed by atoms with Crippen LogP contribution in [0.2, 0.25) is 0 Å². The summed E-state index contributed by atoms with van der Waals surface area (Å²) in [5, 5.41) is -0.189. The second-order valence-electron chi connectivity index (χ2n) is 7.53. The molecule has 3 N–H and O–H groups in total. The van der Waals surface area contributed by atoms with Gasteiger partial charge in [-0.3, -0.25) is 14.3 Å². The number of hydrogen-bond acceptors (Lipinski definition) is 5. The first-order chi connectivity index (χ1) is 13.3. The molecular weight excluding hydrogens is 413 g/mol. The molecule has 1 aliphatic heterocycles. The van der Waals surface area contributed by atoms with Crippen molar-refractivity contribution in [2.24, 2.45) is 11.7 Å². The van der Waals surface area contributed by atoms with Gasteiger partial charge in [-0.05, 0) is 38.2 Å². The Morgan fingerprint density at radius 2 is 1.97 bits per heavy atom. The zero-order chi connectivity index (χ0) is 20.2. The van der Waals surface area contributed by atoms with Crippen molar-refractivity contribution in [2.75, 3.05) is 18.0 Å². The molecule has 0 bridgehead atoms. The average molecular weight is 435 g/mol. The Labute approximate surface area is 170 Å². The second-order valence-corrected chi connectivity index (χ2v) is 7.53. The Morgan fingerprint density at radius 1 is 1.28 bits per heavy atom. The van der Waals surface area contributed by atoms with E-state index in [1.807, 2.05) is 6.92 Å². The topological polar surface area (TPSA) is 93.4 Å². The standard InChI is InChI=1S/C18H21F3N4O3.ClH/c1-8(22)9-4-5-24(7-9)14-12(19)6-11-13(15(14)28-17(20)21)25(10-2-3-10)18(27)23-16(11)26;/h6,8-10,17H,2-5,7,22H2,1H3,(H,23,26,27);1H/t8-,9+;/m1./s1. The van der Waals surface area contributed by atoms with Crippen LogP contribution in [0.15, 0.2) is 15.7 Å². The number of fused-ring (bicyclic) bond motifs is 1. The number of nitrogens with zero attached hydrogens (tertiary/aromatic N) is 2. The normalized spacial score (nSPS) is 20.2. The highest BCUT2D eigenvalue weighted by atomic mass is 35.5. The van der Waals surface area contributed by atoms with Crippen molar-refractivity contribution < 1.29 is 17.9 Å². The van der Waals surface area contributed by atoms with Crippen molar-refractivity contribution in [3.63, 3.8) is 0 Å². The van der Waals surface area contributed by atoms with Crippen molar-refractivity contribution in [3.8, 4) is 5.75 Å². The SMILES string of the molecule is C[C@@H](N)[C@H]1CCN(c2c(F)cc3c(=O)[nH]c(=O)n(C4CC4)c3c2OC(F)F)C1.Cl. The largest absolute Gasteiger partial charge is 0.430 e. The van der Waals surface area contributed by atoms with Gasteiger partial charge in [-0.1, -0.05) is 0 Å². The van der Waals surface area contributed by atoms with Gasteiger partial charge in [0.15, 0.2) is 11.6 Å². The Hall–Kier alpha value is -2.20. The number of aromatic nitrogens is 2. The molecule has 29 heavy (non-hydrogen) atoms. The molecule has 2 heterocycles. The van der Waals surface area contributed by atoms with Crippen LogP contribution in [0.25, 0.3) is 10.9 Å². The van der Waals surface area contributed by atoms with Gasteiger partial charge in [-0.2, -0.15) is 8.78 Å². The van der Waals surface area contributed by atoms with Crippen LogP contribution in [-0.2, 0) is 0 Å². The van der Waals surface area contributed by atoms with E-state index in [1.165, 1.54) is 4.57 Å². The Bertz CT molecular complexity index is 1040. The fourth-order valence-electron chi connectivity index (χ4n) is 3.94. The minimum Gasteiger partial charge on any atom is -0.430 e. The van der Waals surface area contributed by atoms with Gasteiger partial charge >= 0.3 is 12.3 Å². The quantitative estimate of drug-likeness (QED) is 0.753. The summed E-state index contributed by atoms with van der Waals surface area (Å²) in [6, 6.07) is 0.611. The minimum atomic E-state index is -3.24. The molecule has 1 aliphatic carbocycles. The van der Waals surface area contributed by atoms with Gasteiger partial charge in [0.05, 0.1) is 5.39 Å². The van der Waals surface area contributed by atoms with Gasteiger partial charge < -0.3 is 15.4 Å². The molecule has 160 valence electrons. The van der Waals surface area contributed by atoms with E-state index in [-0.39, 0.29) is 47.0 Å². The molecule has 2 fully saturated rings. The number of alkyl halides is 2. The lowest BCUT2D eigenvalue weighted by molar-refractivity contribution is -0.0488. The van der Waals surface area contributed by atoms with Crippen molar-refractivity contribution in [3.05, 3.63) is 32.7 Å². The van der Waals surface area contributed by atoms with E-state index >= 15 is 4.39 Å². The fraction of sp³-hybridized carbons (Fsp3) is 0.556. The van der Waals surface area contributed by atoms with Crippen LogP contribution in [0.5, 0.6) is 5.75 Å². The molecule has 2 atom stereocenters. The third kappa shape index (κ3) is 3.83. The summed E-state index contributed by atoms with van der Waals surface area (Å²) in [7, 11) is 0. The van der Waals surface area contributed by atoms with Crippen molar-refractivity contribution >= 4 is 29.0 Å². The lowest BCUT2D eigenvalue weighted by Crippen LogP contribution is -2.32. The molecule has 1 saturated carbocycles. The van der Waals surface area contributed by atoms with Crippen LogP contribution in [0, 0.1) is 11.7 Å². The zero-order valence-electron chi connectivity index (χ0n) is 15.7. The van der Waals surface area contributed by atoms with Crippen LogP contribution in [0.3, 0.4) is 0 Å². The monoisotopic (exact) mass is 434 g/mol. The van der Waals surface area contributed by atoms with Crippen LogP contribution < -0.4 is 26.6 Å². The highest BCUT2D eigenvalue weighted by Gasteiger charge is 2.34. The third-order valence-corrected chi connectivity index (χ3v) is 5.51. The molecular formula is C18H22ClF3N4O3. The summed E-state index contributed by atoms with van der Waals surface area (Å²) >= 11 is 0. The molecule has 2 aromatic rings. The van der Waals surface area contributed by atoms with Gasteiger partial charge in [0.2, 0.25) is 0 Å². The van der Waals surface area contributed by atoms with Crippen LogP contribution in [0.1, 0.15) is 32.2 Å². The van der Waals surface area contributed by atoms with Crippen LogP contribution in [-0.4, -0.2) is 35.3 Å². The smallest absolute Gasteiger partial charge is 0.387 e. The van der Waals surface area contributed by atoms with Gasteiger partial charge in [0, 0.05) is 25.2 Å². The predicted octanol–water partition coefficient (Wildman–Crippen LogP) is 2.36. The van der Waals surface area contributed by atoms with E-state index in [0.717, 1.165) is 6.07 Å². The second kappa shape index (κ2) is 7.91. The van der Waals surface area contributed by atoms with Crippen LogP contribution in [0.4, 0.5) is 18.9 Å². The lowest BCUT2D eigenvalue weighted by atomic mass is 10.0. The highest BCUT2D eigenvalue weighted by Crippen LogP contribution is 2.44. The van der Waals surface area contributed by atoms with Gasteiger partial charge in [-0.25, -0.2) is 9.18 Å². The number of H-pyrrole nitrogens is 1. The number of nitrogens with one attached hydrogen (secondary N) is 1. The van der Waals surface area contributed by atoms with E-state index in [9.17, 15) is 18.4 Å². The Morgan fingerprint density at radius 3 is 2.52 bits per heavy atom. The summed E-state index contributed by atoms with van der Waals surface area (Å²) in [5.41, 5.74) is 4.14. The third-order valence-electron chi connectivity index (χ3n) is 5.51. The fourth-order valence-corrected chi connectivity index (χ4v) is 3.94. The first kappa shape index (κ1) is 21.5. The van der Waals surface area contributed by atoms with E-state index in [4.69, 9.17) is 10.5 Å². The van der Waals surface area contributed by atoms with Gasteiger partial charge in [0.25, 0.3) is 5.56 Å². The Balaban J connectivity index is 0.00000240. The molecule has 1 saturated heterocycles. The first-order valence-corrected chi connectivity index (χ1v) is 9.24. The summed E-state index contributed by atoms with van der Waals surface area (Å²) in [6.07, 6.45) is 2.00. The Kier molecular flexibility index (Phi) is 5.86. The van der Waals surface area contributed by atoms with Gasteiger partial charge in [0.1, 0.15) is 11.2 Å². The van der Waals surface area contributed by atoms with Crippen molar-refractivity contribution in [1.29, 1.82) is 0 Å². The van der Waals surface area contributed by atoms with E-state index < -0.39 is 29.4 Å². The maximum absolute atomic E-state index is 15.0. The summed E-state index contributed by atoms with van der Waals surface area (Å²) < 4.78 is 47.4. The molecule has 7 nitrogen and oxygen atoms in total. The molecule has 11 heteroatoms. The van der Waals surface area contributed by atoms with Crippen molar-refractivity contribution in [1.82, 2.24) is 9.55 Å². The first-order valence-electron chi connectivity index (χ1n) is 9.24. The van der Waals surface area contributed by atoms with E-state index in [2.05, 4.69) is 4.98 Å².